The van der Waals surface area contributed by atoms with E-state index in [0.717, 1.165) is 24.3 Å². The molecule has 2 unspecified atom stereocenters. The second-order valence-corrected chi connectivity index (χ2v) is 5.52. The maximum absolute atomic E-state index is 6.13. The van der Waals surface area contributed by atoms with Crippen molar-refractivity contribution in [3.63, 3.8) is 0 Å². The molecule has 4 nitrogen and oxygen atoms in total. The molecule has 2 atom stereocenters. The minimum Gasteiger partial charge on any atom is -0.493 e. The van der Waals surface area contributed by atoms with E-state index in [1.54, 1.807) is 7.11 Å². The molecule has 3 rings (SSSR count). The zero-order valence-corrected chi connectivity index (χ0v) is 11.1. The van der Waals surface area contributed by atoms with Crippen LogP contribution in [0.2, 0.25) is 0 Å². The van der Waals surface area contributed by atoms with Gasteiger partial charge in [0.1, 0.15) is 0 Å². The minimum absolute atomic E-state index is 0.368. The van der Waals surface area contributed by atoms with Crippen LogP contribution in [0, 0.1) is 6.92 Å². The van der Waals surface area contributed by atoms with Crippen molar-refractivity contribution in [2.24, 2.45) is 5.73 Å². The Kier molecular flexibility index (Phi) is 2.90. The van der Waals surface area contributed by atoms with Gasteiger partial charge in [0.15, 0.2) is 5.75 Å². The summed E-state index contributed by atoms with van der Waals surface area (Å²) in [5, 5.41) is 0. The Bertz CT molecular complexity index is 435. The summed E-state index contributed by atoms with van der Waals surface area (Å²) >= 11 is 0. The summed E-state index contributed by atoms with van der Waals surface area (Å²) in [7, 11) is 1.72. The Morgan fingerprint density at radius 1 is 1.33 bits per heavy atom. The lowest BCUT2D eigenvalue weighted by atomic mass is 9.97. The number of nitrogens with zero attached hydrogens (tertiary/aromatic N) is 2. The summed E-state index contributed by atoms with van der Waals surface area (Å²) in [6, 6.07) is 3.66. The van der Waals surface area contributed by atoms with E-state index in [0.29, 0.717) is 18.1 Å². The van der Waals surface area contributed by atoms with Gasteiger partial charge in [0.2, 0.25) is 0 Å². The van der Waals surface area contributed by atoms with Gasteiger partial charge in [-0.2, -0.15) is 0 Å². The summed E-state index contributed by atoms with van der Waals surface area (Å²) in [5.41, 5.74) is 8.37. The van der Waals surface area contributed by atoms with Crippen molar-refractivity contribution < 1.29 is 4.74 Å². The maximum Gasteiger partial charge on any atom is 0.160 e. The third-order valence-electron chi connectivity index (χ3n) is 4.25. The van der Waals surface area contributed by atoms with Gasteiger partial charge in [-0.1, -0.05) is 0 Å². The van der Waals surface area contributed by atoms with Crippen molar-refractivity contribution in [3.05, 3.63) is 18.0 Å². The zero-order valence-electron chi connectivity index (χ0n) is 11.1. The molecule has 2 N–H and O–H groups in total. The van der Waals surface area contributed by atoms with Crippen LogP contribution < -0.4 is 15.4 Å². The molecular formula is C14H21N3O. The molecule has 3 heterocycles. The molecule has 2 aliphatic heterocycles. The summed E-state index contributed by atoms with van der Waals surface area (Å²) in [4.78, 5) is 6.84. The number of anilines is 1. The van der Waals surface area contributed by atoms with Gasteiger partial charge >= 0.3 is 0 Å². The number of aromatic nitrogens is 1. The molecule has 1 aromatic heterocycles. The van der Waals surface area contributed by atoms with Crippen LogP contribution >= 0.6 is 0 Å². The number of pyridine rings is 1. The van der Waals surface area contributed by atoms with E-state index in [1.165, 1.54) is 18.5 Å². The number of aryl methyl sites for hydroxylation is 1. The van der Waals surface area contributed by atoms with Gasteiger partial charge in [-0.05, 0) is 38.7 Å². The fourth-order valence-electron chi connectivity index (χ4n) is 3.50. The highest BCUT2D eigenvalue weighted by molar-refractivity contribution is 5.61. The molecule has 98 valence electrons. The number of rotatable bonds is 2. The van der Waals surface area contributed by atoms with Crippen molar-refractivity contribution in [2.75, 3.05) is 12.0 Å². The molecule has 2 fully saturated rings. The summed E-state index contributed by atoms with van der Waals surface area (Å²) in [6.07, 6.45) is 6.53. The molecule has 0 amide bonds. The summed E-state index contributed by atoms with van der Waals surface area (Å²) in [6.45, 7) is 2.03. The van der Waals surface area contributed by atoms with Gasteiger partial charge in [0.05, 0.1) is 19.0 Å². The van der Waals surface area contributed by atoms with Crippen LogP contribution in [-0.2, 0) is 0 Å². The topological polar surface area (TPSA) is 51.4 Å². The van der Waals surface area contributed by atoms with Crippen LogP contribution in [0.1, 0.15) is 31.4 Å². The van der Waals surface area contributed by atoms with E-state index in [-0.39, 0.29) is 0 Å². The number of fused-ring (bicyclic) bond motifs is 2. The summed E-state index contributed by atoms with van der Waals surface area (Å²) in [5.74, 6) is 0.882. The van der Waals surface area contributed by atoms with Crippen molar-refractivity contribution in [3.8, 4) is 5.75 Å². The molecule has 2 saturated heterocycles. The highest BCUT2D eigenvalue weighted by atomic mass is 16.5. The first-order valence-corrected chi connectivity index (χ1v) is 6.73. The van der Waals surface area contributed by atoms with Gasteiger partial charge in [0.25, 0.3) is 0 Å². The third-order valence-corrected chi connectivity index (χ3v) is 4.25. The molecule has 2 aliphatic rings. The van der Waals surface area contributed by atoms with Gasteiger partial charge in [-0.15, -0.1) is 0 Å². The van der Waals surface area contributed by atoms with Crippen molar-refractivity contribution in [1.82, 2.24) is 4.98 Å². The number of ether oxygens (including phenoxy) is 1. The van der Waals surface area contributed by atoms with Crippen LogP contribution in [0.5, 0.6) is 5.75 Å². The molecule has 18 heavy (non-hydrogen) atoms. The lowest BCUT2D eigenvalue weighted by Crippen LogP contribution is -2.47. The Morgan fingerprint density at radius 3 is 2.61 bits per heavy atom. The first kappa shape index (κ1) is 11.8. The smallest absolute Gasteiger partial charge is 0.160 e. The molecule has 0 saturated carbocycles. The fraction of sp³-hybridized carbons (Fsp3) is 0.643. The van der Waals surface area contributed by atoms with Crippen LogP contribution in [0.15, 0.2) is 12.3 Å². The molecule has 0 spiro atoms. The Balaban J connectivity index is 1.98. The van der Waals surface area contributed by atoms with Crippen molar-refractivity contribution in [1.29, 1.82) is 0 Å². The van der Waals surface area contributed by atoms with E-state index < -0.39 is 0 Å². The largest absolute Gasteiger partial charge is 0.493 e. The van der Waals surface area contributed by atoms with Gasteiger partial charge in [-0.3, -0.25) is 4.98 Å². The molecule has 4 heteroatoms. The number of nitrogens with two attached hydrogens (primary N) is 1. The van der Waals surface area contributed by atoms with Gasteiger partial charge < -0.3 is 15.4 Å². The predicted octanol–water partition coefficient (Wildman–Crippen LogP) is 1.86. The molecule has 1 aromatic rings. The van der Waals surface area contributed by atoms with E-state index in [2.05, 4.69) is 16.0 Å². The molecule has 0 radical (unpaired) electrons. The van der Waals surface area contributed by atoms with E-state index >= 15 is 0 Å². The molecule has 0 aromatic carbocycles. The lowest BCUT2D eigenvalue weighted by Gasteiger charge is -2.40. The zero-order chi connectivity index (χ0) is 12.7. The monoisotopic (exact) mass is 247 g/mol. The van der Waals surface area contributed by atoms with E-state index in [9.17, 15) is 0 Å². The molecule has 0 aliphatic carbocycles. The van der Waals surface area contributed by atoms with Crippen LogP contribution in [0.25, 0.3) is 0 Å². The van der Waals surface area contributed by atoms with Gasteiger partial charge in [-0.25, -0.2) is 0 Å². The molecular weight excluding hydrogens is 226 g/mol. The minimum atomic E-state index is 0.368. The Morgan fingerprint density at radius 2 is 2.00 bits per heavy atom. The predicted molar refractivity (Wildman–Crippen MR) is 72.0 cm³/mol. The van der Waals surface area contributed by atoms with Crippen molar-refractivity contribution in [2.45, 2.75) is 50.7 Å². The number of piperidine rings is 1. The highest BCUT2D eigenvalue weighted by Gasteiger charge is 2.40. The second-order valence-electron chi connectivity index (χ2n) is 5.52. The average Bonchev–Trinajstić information content (AvgIpc) is 2.61. The SMILES string of the molecule is COc1cnc(C)cc1N1C2CCC1CC(N)C2. The lowest BCUT2D eigenvalue weighted by molar-refractivity contribution is 0.390. The van der Waals surface area contributed by atoms with Crippen molar-refractivity contribution >= 4 is 5.69 Å². The summed E-state index contributed by atoms with van der Waals surface area (Å²) < 4.78 is 5.47. The molecule has 2 bridgehead atoms. The standard InChI is InChI=1S/C14H21N3O/c1-9-5-13(14(18-2)8-16-9)17-11-3-4-12(17)7-10(15)6-11/h5,8,10-12H,3-4,6-7,15H2,1-2H3. The quantitative estimate of drug-likeness (QED) is 0.866. The Labute approximate surface area is 108 Å². The first-order valence-electron chi connectivity index (χ1n) is 6.73. The Hall–Kier alpha value is -1.29. The fourth-order valence-corrected chi connectivity index (χ4v) is 3.50. The van der Waals surface area contributed by atoms with Crippen LogP contribution in [0.4, 0.5) is 5.69 Å². The second kappa shape index (κ2) is 4.43. The number of hydrogen-bond acceptors (Lipinski definition) is 4. The van der Waals surface area contributed by atoms with Crippen LogP contribution in [-0.4, -0.2) is 30.2 Å². The normalized spacial score (nSPS) is 30.6. The highest BCUT2D eigenvalue weighted by Crippen LogP contribution is 2.42. The number of methoxy groups -OCH3 is 1. The third kappa shape index (κ3) is 1.85. The maximum atomic E-state index is 6.13. The van der Waals surface area contributed by atoms with Crippen LogP contribution in [0.3, 0.4) is 0 Å². The van der Waals surface area contributed by atoms with E-state index in [1.807, 2.05) is 13.1 Å². The average molecular weight is 247 g/mol. The van der Waals surface area contributed by atoms with Gasteiger partial charge in [0, 0.05) is 23.8 Å². The number of hydrogen-bond donors (Lipinski definition) is 1. The van der Waals surface area contributed by atoms with E-state index in [4.69, 9.17) is 10.5 Å². The first-order chi connectivity index (χ1) is 8.69.